The molecule has 0 N–H and O–H groups in total. The first kappa shape index (κ1) is 14.7. The summed E-state index contributed by atoms with van der Waals surface area (Å²) in [7, 11) is -3.72. The van der Waals surface area contributed by atoms with Crippen molar-refractivity contribution in [3.05, 3.63) is 29.8 Å². The lowest BCUT2D eigenvalue weighted by Gasteiger charge is -2.30. The normalized spacial score (nSPS) is 20.3. The third-order valence-electron chi connectivity index (χ3n) is 3.45. The standard InChI is InChI=1S/C14H16N2O3S/c1-11(17)12-5-4-7-14(9-12)20(18,19)16-8-3-2-6-13(16)10-15/h4-5,7,9,13H,2-3,6,8H2,1H3. The Morgan fingerprint density at radius 1 is 1.40 bits per heavy atom. The Morgan fingerprint density at radius 3 is 2.80 bits per heavy atom. The van der Waals surface area contributed by atoms with Gasteiger partial charge in [-0.2, -0.15) is 9.57 Å². The van der Waals surface area contributed by atoms with Crippen molar-refractivity contribution in [2.24, 2.45) is 0 Å². The van der Waals surface area contributed by atoms with Crippen LogP contribution < -0.4 is 0 Å². The zero-order valence-corrected chi connectivity index (χ0v) is 12.1. The molecule has 1 atom stereocenters. The Hall–Kier alpha value is -1.71. The van der Waals surface area contributed by atoms with Gasteiger partial charge in [-0.25, -0.2) is 8.42 Å². The summed E-state index contributed by atoms with van der Waals surface area (Å²) < 4.78 is 26.4. The summed E-state index contributed by atoms with van der Waals surface area (Å²) >= 11 is 0. The zero-order valence-electron chi connectivity index (χ0n) is 11.2. The predicted octanol–water partition coefficient (Wildman–Crippen LogP) is 1.96. The van der Waals surface area contributed by atoms with Crippen molar-refractivity contribution in [1.29, 1.82) is 5.26 Å². The summed E-state index contributed by atoms with van der Waals surface area (Å²) in [4.78, 5) is 11.4. The van der Waals surface area contributed by atoms with Gasteiger partial charge in [0.2, 0.25) is 10.0 Å². The lowest BCUT2D eigenvalue weighted by atomic mass is 10.1. The molecular weight excluding hydrogens is 276 g/mol. The number of piperidine rings is 1. The molecule has 1 aromatic rings. The maximum atomic E-state index is 12.6. The first-order chi connectivity index (χ1) is 9.46. The van der Waals surface area contributed by atoms with E-state index < -0.39 is 16.1 Å². The maximum Gasteiger partial charge on any atom is 0.244 e. The van der Waals surface area contributed by atoms with Crippen molar-refractivity contribution < 1.29 is 13.2 Å². The molecule has 0 radical (unpaired) electrons. The molecule has 0 aliphatic carbocycles. The summed E-state index contributed by atoms with van der Waals surface area (Å²) in [6.45, 7) is 1.75. The van der Waals surface area contributed by atoms with Gasteiger partial charge in [0.05, 0.1) is 11.0 Å². The second kappa shape index (κ2) is 5.73. The van der Waals surface area contributed by atoms with Crippen LogP contribution in [0.15, 0.2) is 29.2 Å². The van der Waals surface area contributed by atoms with Gasteiger partial charge in [0.1, 0.15) is 6.04 Å². The molecular formula is C14H16N2O3S. The molecule has 1 aliphatic rings. The monoisotopic (exact) mass is 292 g/mol. The molecule has 1 saturated heterocycles. The molecule has 0 spiro atoms. The van der Waals surface area contributed by atoms with E-state index in [1.54, 1.807) is 12.1 Å². The number of nitriles is 1. The van der Waals surface area contributed by atoms with E-state index >= 15 is 0 Å². The molecule has 1 heterocycles. The average molecular weight is 292 g/mol. The van der Waals surface area contributed by atoms with Gasteiger partial charge in [-0.1, -0.05) is 12.1 Å². The van der Waals surface area contributed by atoms with E-state index in [2.05, 4.69) is 0 Å². The van der Waals surface area contributed by atoms with E-state index in [9.17, 15) is 13.2 Å². The molecule has 1 fully saturated rings. The van der Waals surface area contributed by atoms with Crippen molar-refractivity contribution >= 4 is 15.8 Å². The summed E-state index contributed by atoms with van der Waals surface area (Å²) in [6, 6.07) is 7.40. The van der Waals surface area contributed by atoms with Crippen LogP contribution in [-0.4, -0.2) is 31.1 Å². The Kier molecular flexibility index (Phi) is 4.21. The van der Waals surface area contributed by atoms with Gasteiger partial charge in [-0.3, -0.25) is 4.79 Å². The smallest absolute Gasteiger partial charge is 0.244 e. The van der Waals surface area contributed by atoms with E-state index in [0.29, 0.717) is 18.5 Å². The number of Topliss-reactive ketones (excluding diaryl/α,β-unsaturated/α-hetero) is 1. The fourth-order valence-corrected chi connectivity index (χ4v) is 3.99. The van der Waals surface area contributed by atoms with E-state index in [0.717, 1.165) is 12.8 Å². The van der Waals surface area contributed by atoms with E-state index in [1.165, 1.54) is 23.4 Å². The van der Waals surface area contributed by atoms with E-state index in [1.807, 2.05) is 6.07 Å². The Morgan fingerprint density at radius 2 is 2.15 bits per heavy atom. The highest BCUT2D eigenvalue weighted by atomic mass is 32.2. The SMILES string of the molecule is CC(=O)c1cccc(S(=O)(=O)N2CCCCC2C#N)c1. The summed E-state index contributed by atoms with van der Waals surface area (Å²) in [6.07, 6.45) is 2.17. The molecule has 1 aromatic carbocycles. The van der Waals surface area contributed by atoms with Crippen LogP contribution in [0.5, 0.6) is 0 Å². The number of ketones is 1. The summed E-state index contributed by atoms with van der Waals surface area (Å²) in [5, 5.41) is 9.10. The quantitative estimate of drug-likeness (QED) is 0.798. The number of rotatable bonds is 3. The van der Waals surface area contributed by atoms with Gasteiger partial charge in [0, 0.05) is 12.1 Å². The fraction of sp³-hybridized carbons (Fsp3) is 0.429. The molecule has 0 bridgehead atoms. The highest BCUT2D eigenvalue weighted by Gasteiger charge is 2.33. The van der Waals surface area contributed by atoms with Crippen LogP contribution in [0.4, 0.5) is 0 Å². The van der Waals surface area contributed by atoms with Gasteiger partial charge in [-0.15, -0.1) is 0 Å². The van der Waals surface area contributed by atoms with Crippen LogP contribution in [0.25, 0.3) is 0 Å². The fourth-order valence-electron chi connectivity index (χ4n) is 2.33. The van der Waals surface area contributed by atoms with Gasteiger partial charge in [-0.05, 0) is 38.3 Å². The zero-order chi connectivity index (χ0) is 14.8. The summed E-state index contributed by atoms with van der Waals surface area (Å²) in [5.41, 5.74) is 0.358. The first-order valence-corrected chi connectivity index (χ1v) is 7.93. The van der Waals surface area contributed by atoms with Crippen LogP contribution in [-0.2, 0) is 10.0 Å². The first-order valence-electron chi connectivity index (χ1n) is 6.49. The molecule has 6 heteroatoms. The van der Waals surface area contributed by atoms with Gasteiger partial charge in [0.15, 0.2) is 5.78 Å². The topological polar surface area (TPSA) is 78.2 Å². The molecule has 0 aromatic heterocycles. The van der Waals surface area contributed by atoms with Crippen molar-refractivity contribution in [3.8, 4) is 6.07 Å². The van der Waals surface area contributed by atoms with Crippen LogP contribution in [0.2, 0.25) is 0 Å². The molecule has 1 aliphatic heterocycles. The number of hydrogen-bond donors (Lipinski definition) is 0. The predicted molar refractivity (Wildman–Crippen MR) is 73.6 cm³/mol. The van der Waals surface area contributed by atoms with Gasteiger partial charge >= 0.3 is 0 Å². The average Bonchev–Trinajstić information content (AvgIpc) is 2.47. The second-order valence-corrected chi connectivity index (χ2v) is 6.73. The molecule has 0 saturated carbocycles. The highest BCUT2D eigenvalue weighted by molar-refractivity contribution is 7.89. The van der Waals surface area contributed by atoms with Crippen LogP contribution in [0.1, 0.15) is 36.5 Å². The second-order valence-electron chi connectivity index (χ2n) is 4.84. The Labute approximate surface area is 118 Å². The summed E-state index contributed by atoms with van der Waals surface area (Å²) in [5.74, 6) is -0.183. The Bertz CT molecular complexity index is 661. The minimum atomic E-state index is -3.72. The number of carbonyl (C=O) groups excluding carboxylic acids is 1. The number of carbonyl (C=O) groups is 1. The molecule has 1 unspecified atom stereocenters. The third-order valence-corrected chi connectivity index (χ3v) is 5.35. The number of sulfonamides is 1. The number of hydrogen-bond acceptors (Lipinski definition) is 4. The van der Waals surface area contributed by atoms with Crippen molar-refractivity contribution in [1.82, 2.24) is 4.31 Å². The van der Waals surface area contributed by atoms with E-state index in [4.69, 9.17) is 5.26 Å². The molecule has 2 rings (SSSR count). The van der Waals surface area contributed by atoms with Crippen molar-refractivity contribution in [3.63, 3.8) is 0 Å². The lowest BCUT2D eigenvalue weighted by molar-refractivity contribution is 0.101. The molecule has 20 heavy (non-hydrogen) atoms. The minimum absolute atomic E-state index is 0.0762. The molecule has 5 nitrogen and oxygen atoms in total. The van der Waals surface area contributed by atoms with Gasteiger partial charge < -0.3 is 0 Å². The largest absolute Gasteiger partial charge is 0.295 e. The number of nitrogens with zero attached hydrogens (tertiary/aromatic N) is 2. The molecule has 0 amide bonds. The van der Waals surface area contributed by atoms with Crippen LogP contribution in [0, 0.1) is 11.3 Å². The highest BCUT2D eigenvalue weighted by Crippen LogP contribution is 2.25. The van der Waals surface area contributed by atoms with Crippen molar-refractivity contribution in [2.45, 2.75) is 37.1 Å². The lowest BCUT2D eigenvalue weighted by Crippen LogP contribution is -2.42. The minimum Gasteiger partial charge on any atom is -0.295 e. The Balaban J connectivity index is 2.42. The van der Waals surface area contributed by atoms with E-state index in [-0.39, 0.29) is 10.7 Å². The maximum absolute atomic E-state index is 12.6. The molecule has 106 valence electrons. The van der Waals surface area contributed by atoms with Crippen LogP contribution in [0.3, 0.4) is 0 Å². The number of benzene rings is 1. The van der Waals surface area contributed by atoms with Crippen molar-refractivity contribution in [2.75, 3.05) is 6.54 Å². The van der Waals surface area contributed by atoms with Crippen LogP contribution >= 0.6 is 0 Å². The third kappa shape index (κ3) is 2.74. The van der Waals surface area contributed by atoms with Gasteiger partial charge in [0.25, 0.3) is 0 Å².